The summed E-state index contributed by atoms with van der Waals surface area (Å²) >= 11 is 0. The summed E-state index contributed by atoms with van der Waals surface area (Å²) in [5.41, 5.74) is 14.2. The zero-order valence-electron chi connectivity index (χ0n) is 37.9. The van der Waals surface area contributed by atoms with E-state index in [1.54, 1.807) is 0 Å². The van der Waals surface area contributed by atoms with Crippen molar-refractivity contribution >= 4 is 54.5 Å². The first kappa shape index (κ1) is 43.6. The Hall–Kier alpha value is -6.65. The molecule has 0 atom stereocenters. The minimum Gasteiger partial charge on any atom is -0.501 e. The van der Waals surface area contributed by atoms with Crippen LogP contribution in [0.4, 0.5) is 0 Å². The average Bonchev–Trinajstić information content (AvgIpc) is 3.90. The third kappa shape index (κ3) is 8.09. The largest absolute Gasteiger partial charge is 0.501 e. The Bertz CT molecular complexity index is 3440. The summed E-state index contributed by atoms with van der Waals surface area (Å²) in [5, 5.41) is 7.08. The molecule has 0 aliphatic heterocycles. The number of fused-ring (bicyclic) bond motifs is 8. The van der Waals surface area contributed by atoms with E-state index in [1.807, 2.05) is 36.5 Å². The Morgan fingerprint density at radius 2 is 1.29 bits per heavy atom. The number of para-hydroxylation sites is 2. The maximum absolute atomic E-state index is 6.83. The molecular formula is C60H51IrN3O-2. The molecule has 5 heteroatoms. The number of rotatable bonds is 6. The number of nitrogens with zero attached hydrogens (tertiary/aromatic N) is 3. The van der Waals surface area contributed by atoms with Crippen molar-refractivity contribution < 1.29 is 24.5 Å². The van der Waals surface area contributed by atoms with Crippen LogP contribution in [0.15, 0.2) is 174 Å². The number of aromatic nitrogens is 3. The molecule has 0 aliphatic rings. The topological polar surface area (TPSA) is 43.9 Å². The van der Waals surface area contributed by atoms with Gasteiger partial charge in [-0.2, -0.15) is 0 Å². The van der Waals surface area contributed by atoms with Crippen LogP contribution in [-0.4, -0.2) is 14.5 Å². The van der Waals surface area contributed by atoms with Gasteiger partial charge in [-0.15, -0.1) is 54.1 Å². The predicted octanol–water partition coefficient (Wildman–Crippen LogP) is 16.5. The third-order valence-corrected chi connectivity index (χ3v) is 12.4. The molecule has 0 spiro atoms. The molecule has 0 N–H and O–H groups in total. The van der Waals surface area contributed by atoms with Crippen LogP contribution in [0.25, 0.3) is 94.0 Å². The number of hydrogen-bond donors (Lipinski definition) is 0. The summed E-state index contributed by atoms with van der Waals surface area (Å²) < 4.78 is 9.21. The van der Waals surface area contributed by atoms with Crippen molar-refractivity contribution in [1.82, 2.24) is 14.5 Å². The Labute approximate surface area is 395 Å². The van der Waals surface area contributed by atoms with Crippen LogP contribution in [0, 0.1) is 12.1 Å². The van der Waals surface area contributed by atoms with E-state index in [-0.39, 0.29) is 37.4 Å². The van der Waals surface area contributed by atoms with Crippen molar-refractivity contribution in [2.45, 2.75) is 65.7 Å². The van der Waals surface area contributed by atoms with E-state index in [0.29, 0.717) is 0 Å². The molecule has 8 aromatic carbocycles. The van der Waals surface area contributed by atoms with E-state index < -0.39 is 0 Å². The summed E-state index contributed by atoms with van der Waals surface area (Å²) in [4.78, 5) is 9.83. The summed E-state index contributed by atoms with van der Waals surface area (Å²) in [6.45, 7) is 15.7. The van der Waals surface area contributed by atoms with Gasteiger partial charge in [-0.25, -0.2) is 0 Å². The van der Waals surface area contributed by atoms with Gasteiger partial charge >= 0.3 is 0 Å². The van der Waals surface area contributed by atoms with Gasteiger partial charge in [0.05, 0.1) is 22.4 Å². The maximum Gasteiger partial charge on any atom is 0.121 e. The molecule has 0 unspecified atom stereocenters. The summed E-state index contributed by atoms with van der Waals surface area (Å²) in [7, 11) is 0. The van der Waals surface area contributed by atoms with Crippen LogP contribution in [0.1, 0.15) is 77.0 Å². The first-order valence-electron chi connectivity index (χ1n) is 22.4. The van der Waals surface area contributed by atoms with E-state index >= 15 is 0 Å². The minimum absolute atomic E-state index is 0. The molecular weight excluding hydrogens is 971 g/mol. The van der Waals surface area contributed by atoms with E-state index in [4.69, 9.17) is 9.40 Å². The molecule has 3 aromatic heterocycles. The van der Waals surface area contributed by atoms with Gasteiger partial charge in [0.25, 0.3) is 0 Å². The standard InChI is InChI=1S/C45H35N2O.C15H16N.Ir/c1-27(2)36-25-32(29-13-6-5-7-14-29)26-37(28(3)4)43(36)47-39-20-11-10-19-38(39)46-45(47)35-18-12-17-34-42-40(48-44(34)35)24-23-31-22-21-30-15-8-9-16-33(30)41(31)42;1-15(2,3)13-9-10-14(16-11-13)12-7-5-4-6-8-12;/h5-17,19-28H,1-4H3;4-7,9-11H,1-3H3;/q2*-1;. The van der Waals surface area contributed by atoms with E-state index in [0.717, 1.165) is 55.6 Å². The molecule has 0 amide bonds. The molecule has 0 saturated carbocycles. The van der Waals surface area contributed by atoms with Gasteiger partial charge in [0, 0.05) is 37.4 Å². The van der Waals surface area contributed by atoms with Crippen LogP contribution in [0.2, 0.25) is 0 Å². The van der Waals surface area contributed by atoms with Crippen LogP contribution in [0.5, 0.6) is 0 Å². The Morgan fingerprint density at radius 1 is 0.600 bits per heavy atom. The van der Waals surface area contributed by atoms with Gasteiger partial charge in [-0.3, -0.25) is 4.98 Å². The fourth-order valence-corrected chi connectivity index (χ4v) is 9.08. The molecule has 0 bridgehead atoms. The Morgan fingerprint density at radius 3 is 2.00 bits per heavy atom. The second-order valence-corrected chi connectivity index (χ2v) is 18.4. The summed E-state index contributed by atoms with van der Waals surface area (Å²) in [6, 6.07) is 64.3. The van der Waals surface area contributed by atoms with Crippen LogP contribution >= 0.6 is 0 Å². The molecule has 4 nitrogen and oxygen atoms in total. The monoisotopic (exact) mass is 1020 g/mol. The molecule has 11 aromatic rings. The fourth-order valence-electron chi connectivity index (χ4n) is 9.08. The molecule has 11 rings (SSSR count). The molecule has 0 aliphatic carbocycles. The number of pyridine rings is 1. The van der Waals surface area contributed by atoms with Crippen LogP contribution in [-0.2, 0) is 25.5 Å². The molecule has 323 valence electrons. The van der Waals surface area contributed by atoms with Crippen LogP contribution in [0.3, 0.4) is 0 Å². The van der Waals surface area contributed by atoms with Gasteiger partial charge in [-0.1, -0.05) is 156 Å². The Kier molecular flexibility index (Phi) is 11.9. The second kappa shape index (κ2) is 17.7. The van der Waals surface area contributed by atoms with Gasteiger partial charge < -0.3 is 14.0 Å². The van der Waals surface area contributed by atoms with Crippen LogP contribution < -0.4 is 0 Å². The maximum atomic E-state index is 6.83. The van der Waals surface area contributed by atoms with Crippen molar-refractivity contribution in [2.75, 3.05) is 0 Å². The number of imidazole rings is 1. The smallest absolute Gasteiger partial charge is 0.121 e. The van der Waals surface area contributed by atoms with E-state index in [2.05, 4.69) is 204 Å². The Balaban J connectivity index is 0.000000266. The summed E-state index contributed by atoms with van der Waals surface area (Å²) in [5.74, 6) is 1.40. The van der Waals surface area contributed by atoms with E-state index in [1.165, 1.54) is 55.0 Å². The van der Waals surface area contributed by atoms with E-state index in [9.17, 15) is 0 Å². The first-order valence-corrected chi connectivity index (χ1v) is 22.4. The first-order chi connectivity index (χ1) is 31.0. The SMILES string of the molecule is CC(C)(C)c1ccc(-c2[c-]cccc2)nc1.CC(C)c1cc(-c2ccccc2)cc(C(C)C)c1-n1c(-c2[c-]ccc3c2oc2ccc4ccc5ccccc5c4c23)nc2ccccc21.[Ir]. The second-order valence-electron chi connectivity index (χ2n) is 18.4. The molecule has 1 radical (unpaired) electrons. The van der Waals surface area contributed by atoms with Crippen molar-refractivity contribution in [3.8, 4) is 39.5 Å². The number of hydrogen-bond acceptors (Lipinski definition) is 3. The molecule has 65 heavy (non-hydrogen) atoms. The fraction of sp³-hybridized carbons (Fsp3) is 0.167. The number of furan rings is 1. The van der Waals surface area contributed by atoms with Gasteiger partial charge in [0.1, 0.15) is 5.58 Å². The zero-order valence-corrected chi connectivity index (χ0v) is 40.3. The summed E-state index contributed by atoms with van der Waals surface area (Å²) in [6.07, 6.45) is 1.95. The van der Waals surface area contributed by atoms with Gasteiger partial charge in [-0.05, 0) is 103 Å². The van der Waals surface area contributed by atoms with Crippen molar-refractivity contribution in [1.29, 1.82) is 0 Å². The normalized spacial score (nSPS) is 11.8. The third-order valence-electron chi connectivity index (χ3n) is 12.4. The van der Waals surface area contributed by atoms with Crippen molar-refractivity contribution in [2.24, 2.45) is 0 Å². The quantitative estimate of drug-likeness (QED) is 0.123. The zero-order chi connectivity index (χ0) is 44.1. The predicted molar refractivity (Wildman–Crippen MR) is 268 cm³/mol. The van der Waals surface area contributed by atoms with Gasteiger partial charge in [0.2, 0.25) is 0 Å². The molecule has 0 fully saturated rings. The minimum atomic E-state index is 0. The number of benzene rings is 8. The van der Waals surface area contributed by atoms with Gasteiger partial charge in [0.15, 0.2) is 0 Å². The molecule has 3 heterocycles. The average molecular weight is 1020 g/mol. The van der Waals surface area contributed by atoms with Crippen molar-refractivity contribution in [3.63, 3.8) is 0 Å². The van der Waals surface area contributed by atoms with Crippen molar-refractivity contribution in [3.05, 3.63) is 199 Å². The molecule has 0 saturated heterocycles.